The first-order valence-electron chi connectivity index (χ1n) is 4.78. The van der Waals surface area contributed by atoms with Crippen LogP contribution >= 0.6 is 11.6 Å². The second-order valence-electron chi connectivity index (χ2n) is 3.30. The number of hydrogen-bond acceptors (Lipinski definition) is 3. The maximum absolute atomic E-state index is 13.4. The largest absolute Gasteiger partial charge is 0.436 e. The molecule has 0 aliphatic heterocycles. The van der Waals surface area contributed by atoms with Crippen molar-refractivity contribution in [1.82, 2.24) is 4.98 Å². The van der Waals surface area contributed by atoms with Gasteiger partial charge in [-0.25, -0.2) is 13.8 Å². The molecule has 0 aliphatic carbocycles. The molecule has 0 N–H and O–H groups in total. The van der Waals surface area contributed by atoms with Gasteiger partial charge in [-0.3, -0.25) is 0 Å². The molecule has 1 aromatic carbocycles. The predicted octanol–water partition coefficient (Wildman–Crippen LogP) is 3.68. The van der Waals surface area contributed by atoms with Gasteiger partial charge in [-0.2, -0.15) is 5.26 Å². The minimum absolute atomic E-state index is 0.0419. The van der Waals surface area contributed by atoms with Crippen LogP contribution in [0.1, 0.15) is 5.56 Å². The van der Waals surface area contributed by atoms with Crippen LogP contribution < -0.4 is 4.74 Å². The highest BCUT2D eigenvalue weighted by atomic mass is 35.5. The van der Waals surface area contributed by atoms with Crippen molar-refractivity contribution < 1.29 is 13.5 Å². The lowest BCUT2D eigenvalue weighted by Crippen LogP contribution is -1.93. The number of nitrogens with zero attached hydrogens (tertiary/aromatic N) is 2. The zero-order valence-electron chi connectivity index (χ0n) is 8.82. The number of benzene rings is 1. The molecule has 6 heteroatoms. The molecule has 90 valence electrons. The SMILES string of the molecule is N#Cc1ccc(Oc2ncc(Cl)cc2F)cc1F. The van der Waals surface area contributed by atoms with Crippen LogP contribution in [0.4, 0.5) is 8.78 Å². The Morgan fingerprint density at radius 2 is 2.00 bits per heavy atom. The Balaban J connectivity index is 2.29. The number of nitriles is 1. The fourth-order valence-corrected chi connectivity index (χ4v) is 1.38. The molecular weight excluding hydrogens is 262 g/mol. The average Bonchev–Trinajstić information content (AvgIpc) is 2.33. The van der Waals surface area contributed by atoms with Crippen molar-refractivity contribution in [3.8, 4) is 17.7 Å². The van der Waals surface area contributed by atoms with Crippen LogP contribution in [0.5, 0.6) is 11.6 Å². The Labute approximate surface area is 106 Å². The van der Waals surface area contributed by atoms with E-state index < -0.39 is 11.6 Å². The Morgan fingerprint density at radius 1 is 1.22 bits per heavy atom. The summed E-state index contributed by atoms with van der Waals surface area (Å²) in [6.07, 6.45) is 1.21. The van der Waals surface area contributed by atoms with E-state index >= 15 is 0 Å². The number of ether oxygens (including phenoxy) is 1. The summed E-state index contributed by atoms with van der Waals surface area (Å²) in [5, 5.41) is 8.69. The van der Waals surface area contributed by atoms with Crippen molar-refractivity contribution >= 4 is 11.6 Å². The van der Waals surface area contributed by atoms with E-state index in [2.05, 4.69) is 4.98 Å². The lowest BCUT2D eigenvalue weighted by Gasteiger charge is -2.06. The van der Waals surface area contributed by atoms with Gasteiger partial charge < -0.3 is 4.74 Å². The molecule has 1 aromatic heterocycles. The van der Waals surface area contributed by atoms with Crippen molar-refractivity contribution in [2.75, 3.05) is 0 Å². The Kier molecular flexibility index (Phi) is 3.40. The van der Waals surface area contributed by atoms with E-state index in [-0.39, 0.29) is 22.2 Å². The molecule has 1 heterocycles. The summed E-state index contributed by atoms with van der Waals surface area (Å²) < 4.78 is 31.7. The van der Waals surface area contributed by atoms with Gasteiger partial charge in [0.2, 0.25) is 0 Å². The molecule has 0 amide bonds. The minimum atomic E-state index is -0.757. The van der Waals surface area contributed by atoms with E-state index in [4.69, 9.17) is 21.6 Å². The van der Waals surface area contributed by atoms with E-state index in [1.165, 1.54) is 18.3 Å². The summed E-state index contributed by atoms with van der Waals surface area (Å²) >= 11 is 5.53. The van der Waals surface area contributed by atoms with Crippen molar-refractivity contribution in [2.45, 2.75) is 0 Å². The molecule has 0 bridgehead atoms. The monoisotopic (exact) mass is 266 g/mol. The molecule has 0 atom stereocenters. The number of halogens is 3. The summed E-state index contributed by atoms with van der Waals surface area (Å²) in [5.41, 5.74) is -0.119. The predicted molar refractivity (Wildman–Crippen MR) is 60.4 cm³/mol. The van der Waals surface area contributed by atoms with Crippen LogP contribution in [-0.2, 0) is 0 Å². The van der Waals surface area contributed by atoms with Gasteiger partial charge >= 0.3 is 0 Å². The van der Waals surface area contributed by atoms with Crippen molar-refractivity contribution in [3.63, 3.8) is 0 Å². The third-order valence-corrected chi connectivity index (χ3v) is 2.26. The molecule has 0 saturated heterocycles. The summed E-state index contributed by atoms with van der Waals surface area (Å²) in [4.78, 5) is 3.63. The molecule has 0 unspecified atom stereocenters. The van der Waals surface area contributed by atoms with Crippen molar-refractivity contribution in [3.05, 3.63) is 52.7 Å². The third kappa shape index (κ3) is 2.55. The normalized spacial score (nSPS) is 9.89. The van der Waals surface area contributed by atoms with E-state index in [1.54, 1.807) is 6.07 Å². The van der Waals surface area contributed by atoms with Gasteiger partial charge in [0.25, 0.3) is 5.88 Å². The third-order valence-electron chi connectivity index (χ3n) is 2.05. The van der Waals surface area contributed by atoms with Gasteiger partial charge in [-0.1, -0.05) is 11.6 Å². The smallest absolute Gasteiger partial charge is 0.255 e. The molecule has 0 fully saturated rings. The van der Waals surface area contributed by atoms with Crippen molar-refractivity contribution in [2.24, 2.45) is 0 Å². The van der Waals surface area contributed by atoms with Crippen molar-refractivity contribution in [1.29, 1.82) is 5.26 Å². The molecule has 2 rings (SSSR count). The Morgan fingerprint density at radius 3 is 2.61 bits per heavy atom. The first-order valence-corrected chi connectivity index (χ1v) is 5.16. The highest BCUT2D eigenvalue weighted by Crippen LogP contribution is 2.25. The molecule has 18 heavy (non-hydrogen) atoms. The van der Waals surface area contributed by atoms with Crippen LogP contribution in [0.15, 0.2) is 30.5 Å². The quantitative estimate of drug-likeness (QED) is 0.833. The first-order chi connectivity index (χ1) is 8.60. The topological polar surface area (TPSA) is 45.9 Å². The van der Waals surface area contributed by atoms with Gasteiger partial charge in [0.1, 0.15) is 17.6 Å². The zero-order chi connectivity index (χ0) is 13.1. The summed E-state index contributed by atoms with van der Waals surface area (Å²) in [6.45, 7) is 0. The average molecular weight is 267 g/mol. The van der Waals surface area contributed by atoms with Gasteiger partial charge in [-0.15, -0.1) is 0 Å². The van der Waals surface area contributed by atoms with E-state index in [1.807, 2.05) is 0 Å². The Bertz CT molecular complexity index is 640. The number of aromatic nitrogens is 1. The van der Waals surface area contributed by atoms with Crippen LogP contribution in [0.3, 0.4) is 0 Å². The lowest BCUT2D eigenvalue weighted by atomic mass is 10.2. The molecule has 0 spiro atoms. The van der Waals surface area contributed by atoms with Gasteiger partial charge in [0.05, 0.1) is 10.6 Å². The van der Waals surface area contributed by atoms with Crippen LogP contribution in [-0.4, -0.2) is 4.98 Å². The molecule has 2 aromatic rings. The molecule has 0 aliphatic rings. The maximum atomic E-state index is 13.4. The van der Waals surface area contributed by atoms with Gasteiger partial charge in [-0.05, 0) is 18.2 Å². The van der Waals surface area contributed by atoms with E-state index in [9.17, 15) is 8.78 Å². The molecule has 3 nitrogen and oxygen atoms in total. The van der Waals surface area contributed by atoms with Crippen LogP contribution in [0, 0.1) is 23.0 Å². The highest BCUT2D eigenvalue weighted by molar-refractivity contribution is 6.30. The highest BCUT2D eigenvalue weighted by Gasteiger charge is 2.09. The van der Waals surface area contributed by atoms with Crippen LogP contribution in [0.2, 0.25) is 5.02 Å². The summed E-state index contributed by atoms with van der Waals surface area (Å²) in [7, 11) is 0. The maximum Gasteiger partial charge on any atom is 0.255 e. The Hall–Kier alpha value is -2.19. The second-order valence-corrected chi connectivity index (χ2v) is 3.73. The van der Waals surface area contributed by atoms with Gasteiger partial charge in [0, 0.05) is 12.3 Å². The fraction of sp³-hybridized carbons (Fsp3) is 0. The van der Waals surface area contributed by atoms with E-state index in [0.29, 0.717) is 0 Å². The minimum Gasteiger partial charge on any atom is -0.436 e. The fourth-order valence-electron chi connectivity index (χ4n) is 1.24. The number of pyridine rings is 1. The molecule has 0 saturated carbocycles. The van der Waals surface area contributed by atoms with Gasteiger partial charge in [0.15, 0.2) is 5.82 Å². The molecule has 0 radical (unpaired) electrons. The first kappa shape index (κ1) is 12.3. The lowest BCUT2D eigenvalue weighted by molar-refractivity contribution is 0.420. The summed E-state index contributed by atoms with van der Waals surface area (Å²) in [6, 6.07) is 6.26. The van der Waals surface area contributed by atoms with Crippen LogP contribution in [0.25, 0.3) is 0 Å². The standard InChI is InChI=1S/C12H5ClF2N2O/c13-8-3-11(15)12(17-6-8)18-9-2-1-7(5-16)10(14)4-9/h1-4,6H. The molecular formula is C12H5ClF2N2O. The van der Waals surface area contributed by atoms with E-state index in [0.717, 1.165) is 12.1 Å². The number of hydrogen-bond donors (Lipinski definition) is 0. The summed E-state index contributed by atoms with van der Waals surface area (Å²) in [5.74, 6) is -1.78. The zero-order valence-corrected chi connectivity index (χ0v) is 9.58. The second kappa shape index (κ2) is 4.98. The number of rotatable bonds is 2.